The summed E-state index contributed by atoms with van der Waals surface area (Å²) in [4.78, 5) is 21.9. The number of aliphatic carboxylic acids is 1. The first-order chi connectivity index (χ1) is 7.11. The SMILES string of the molecule is CCc1cccc(C(=O)C(=O)O)c1OC. The first kappa shape index (κ1) is 11.2. The number of para-hydroxylation sites is 1. The van der Waals surface area contributed by atoms with E-state index in [0.29, 0.717) is 12.2 Å². The normalized spacial score (nSPS) is 9.73. The van der Waals surface area contributed by atoms with Crippen LogP contribution >= 0.6 is 0 Å². The minimum atomic E-state index is -1.47. The van der Waals surface area contributed by atoms with Crippen molar-refractivity contribution in [3.63, 3.8) is 0 Å². The first-order valence-corrected chi connectivity index (χ1v) is 4.55. The van der Waals surface area contributed by atoms with Crippen LogP contribution in [0, 0.1) is 0 Å². The maximum atomic E-state index is 11.3. The Balaban J connectivity index is 3.29. The minimum Gasteiger partial charge on any atom is -0.496 e. The van der Waals surface area contributed by atoms with Crippen LogP contribution in [0.15, 0.2) is 18.2 Å². The molecule has 0 bridgehead atoms. The molecule has 1 N–H and O–H groups in total. The molecule has 0 spiro atoms. The third-order valence-electron chi connectivity index (χ3n) is 2.12. The van der Waals surface area contributed by atoms with Gasteiger partial charge < -0.3 is 9.84 Å². The number of aryl methyl sites for hydroxylation is 1. The lowest BCUT2D eigenvalue weighted by atomic mass is 10.0. The van der Waals surface area contributed by atoms with Crippen LogP contribution in [-0.4, -0.2) is 24.0 Å². The second-order valence-electron chi connectivity index (χ2n) is 2.99. The number of benzene rings is 1. The van der Waals surface area contributed by atoms with Gasteiger partial charge in [0.1, 0.15) is 5.75 Å². The smallest absolute Gasteiger partial charge is 0.377 e. The van der Waals surface area contributed by atoms with E-state index in [0.717, 1.165) is 5.56 Å². The lowest BCUT2D eigenvalue weighted by Gasteiger charge is -2.09. The lowest BCUT2D eigenvalue weighted by molar-refractivity contribution is -0.131. The van der Waals surface area contributed by atoms with Crippen LogP contribution in [0.25, 0.3) is 0 Å². The molecule has 0 aliphatic carbocycles. The van der Waals surface area contributed by atoms with Gasteiger partial charge in [-0.2, -0.15) is 0 Å². The van der Waals surface area contributed by atoms with Crippen LogP contribution in [0.2, 0.25) is 0 Å². The van der Waals surface area contributed by atoms with Crippen LogP contribution in [0.1, 0.15) is 22.8 Å². The van der Waals surface area contributed by atoms with Crippen molar-refractivity contribution in [2.75, 3.05) is 7.11 Å². The zero-order valence-corrected chi connectivity index (χ0v) is 8.61. The molecule has 0 heterocycles. The van der Waals surface area contributed by atoms with Crippen LogP contribution in [0.4, 0.5) is 0 Å². The van der Waals surface area contributed by atoms with E-state index in [2.05, 4.69) is 0 Å². The Morgan fingerprint density at radius 1 is 1.40 bits per heavy atom. The molecule has 1 aromatic carbocycles. The maximum absolute atomic E-state index is 11.3. The van der Waals surface area contributed by atoms with Crippen molar-refractivity contribution in [3.05, 3.63) is 29.3 Å². The van der Waals surface area contributed by atoms with Crippen LogP contribution in [-0.2, 0) is 11.2 Å². The quantitative estimate of drug-likeness (QED) is 0.602. The Hall–Kier alpha value is -1.84. The predicted molar refractivity (Wildman–Crippen MR) is 54.3 cm³/mol. The molecule has 0 fully saturated rings. The minimum absolute atomic E-state index is 0.101. The summed E-state index contributed by atoms with van der Waals surface area (Å²) in [5.41, 5.74) is 0.925. The number of rotatable bonds is 4. The van der Waals surface area contributed by atoms with Crippen LogP contribution in [0.5, 0.6) is 5.75 Å². The van der Waals surface area contributed by atoms with Crippen LogP contribution in [0.3, 0.4) is 0 Å². The number of hydrogen-bond acceptors (Lipinski definition) is 3. The molecule has 1 aromatic rings. The summed E-state index contributed by atoms with van der Waals surface area (Å²) in [5.74, 6) is -2.06. The Morgan fingerprint density at radius 3 is 2.53 bits per heavy atom. The summed E-state index contributed by atoms with van der Waals surface area (Å²) < 4.78 is 5.05. The fraction of sp³-hybridized carbons (Fsp3) is 0.273. The van der Waals surface area contributed by atoms with Crippen molar-refractivity contribution >= 4 is 11.8 Å². The highest BCUT2D eigenvalue weighted by molar-refractivity contribution is 6.40. The molecular formula is C11H12O4. The number of carboxylic acid groups (broad SMARTS) is 1. The third kappa shape index (κ3) is 2.15. The van der Waals surface area contributed by atoms with Crippen LogP contribution < -0.4 is 4.74 Å². The van der Waals surface area contributed by atoms with Crippen molar-refractivity contribution in [2.24, 2.45) is 0 Å². The van der Waals surface area contributed by atoms with Gasteiger partial charge in [-0.1, -0.05) is 19.1 Å². The second-order valence-corrected chi connectivity index (χ2v) is 2.99. The summed E-state index contributed by atoms with van der Waals surface area (Å²) in [6.45, 7) is 1.91. The Labute approximate surface area is 87.5 Å². The number of carboxylic acids is 1. The largest absolute Gasteiger partial charge is 0.496 e. The summed E-state index contributed by atoms with van der Waals surface area (Å²) in [6.07, 6.45) is 0.684. The Morgan fingerprint density at radius 2 is 2.07 bits per heavy atom. The van der Waals surface area contributed by atoms with E-state index in [-0.39, 0.29) is 5.56 Å². The zero-order chi connectivity index (χ0) is 11.4. The number of carbonyl (C=O) groups excluding carboxylic acids is 1. The molecule has 80 valence electrons. The Bertz CT molecular complexity index is 396. The number of hydrogen-bond donors (Lipinski definition) is 1. The molecule has 0 radical (unpaired) electrons. The van der Waals surface area contributed by atoms with Crippen molar-refractivity contribution < 1.29 is 19.4 Å². The molecule has 0 amide bonds. The molecule has 4 nitrogen and oxygen atoms in total. The molecule has 1 rings (SSSR count). The average Bonchev–Trinajstić information content (AvgIpc) is 2.26. The summed E-state index contributed by atoms with van der Waals surface area (Å²) in [6, 6.07) is 4.91. The van der Waals surface area contributed by atoms with Gasteiger partial charge in [0.05, 0.1) is 12.7 Å². The van der Waals surface area contributed by atoms with Crippen molar-refractivity contribution in [1.29, 1.82) is 0 Å². The molecule has 15 heavy (non-hydrogen) atoms. The number of methoxy groups -OCH3 is 1. The van der Waals surface area contributed by atoms with Gasteiger partial charge in [0.25, 0.3) is 5.78 Å². The van der Waals surface area contributed by atoms with Crippen molar-refractivity contribution in [1.82, 2.24) is 0 Å². The second kappa shape index (κ2) is 4.59. The number of Topliss-reactive ketones (excluding diaryl/α,β-unsaturated/α-hetero) is 1. The van der Waals surface area contributed by atoms with E-state index in [1.165, 1.54) is 13.2 Å². The van der Waals surface area contributed by atoms with Gasteiger partial charge in [-0.25, -0.2) is 4.79 Å². The molecule has 0 aliphatic rings. The summed E-state index contributed by atoms with van der Waals surface area (Å²) >= 11 is 0. The van der Waals surface area contributed by atoms with E-state index in [9.17, 15) is 9.59 Å². The molecule has 0 aliphatic heterocycles. The first-order valence-electron chi connectivity index (χ1n) is 4.55. The molecule has 0 saturated heterocycles. The van der Waals surface area contributed by atoms with Gasteiger partial charge in [-0.15, -0.1) is 0 Å². The fourth-order valence-corrected chi connectivity index (χ4v) is 1.40. The molecule has 0 atom stereocenters. The highest BCUT2D eigenvalue weighted by Gasteiger charge is 2.20. The monoisotopic (exact) mass is 208 g/mol. The molecular weight excluding hydrogens is 196 g/mol. The number of ketones is 1. The van der Waals surface area contributed by atoms with Gasteiger partial charge in [0.15, 0.2) is 0 Å². The predicted octanol–water partition coefficient (Wildman–Crippen LogP) is 1.52. The number of ether oxygens (including phenoxy) is 1. The molecule has 0 unspecified atom stereocenters. The Kier molecular flexibility index (Phi) is 3.44. The summed E-state index contributed by atoms with van der Waals surface area (Å²) in [5, 5.41) is 8.61. The van der Waals surface area contributed by atoms with E-state index in [4.69, 9.17) is 9.84 Å². The van der Waals surface area contributed by atoms with Gasteiger partial charge in [0.2, 0.25) is 0 Å². The third-order valence-corrected chi connectivity index (χ3v) is 2.12. The van der Waals surface area contributed by atoms with Gasteiger partial charge in [-0.05, 0) is 18.1 Å². The van der Waals surface area contributed by atoms with Gasteiger partial charge in [0, 0.05) is 0 Å². The van der Waals surface area contributed by atoms with E-state index >= 15 is 0 Å². The zero-order valence-electron chi connectivity index (χ0n) is 8.61. The fourth-order valence-electron chi connectivity index (χ4n) is 1.40. The summed E-state index contributed by atoms with van der Waals surface area (Å²) in [7, 11) is 1.42. The van der Waals surface area contributed by atoms with Crippen molar-refractivity contribution in [2.45, 2.75) is 13.3 Å². The molecule has 0 saturated carbocycles. The van der Waals surface area contributed by atoms with Crippen molar-refractivity contribution in [3.8, 4) is 5.75 Å². The van der Waals surface area contributed by atoms with Gasteiger partial charge in [-0.3, -0.25) is 4.79 Å². The van der Waals surface area contributed by atoms with E-state index in [1.54, 1.807) is 12.1 Å². The maximum Gasteiger partial charge on any atom is 0.377 e. The number of carbonyl (C=O) groups is 2. The highest BCUT2D eigenvalue weighted by Crippen LogP contribution is 2.24. The lowest BCUT2D eigenvalue weighted by Crippen LogP contribution is -2.14. The molecule has 4 heteroatoms. The topological polar surface area (TPSA) is 63.6 Å². The standard InChI is InChI=1S/C11H12O4/c1-3-7-5-4-6-8(10(7)15-2)9(12)11(13)14/h4-6H,3H2,1-2H3,(H,13,14). The molecule has 0 aromatic heterocycles. The van der Waals surface area contributed by atoms with Gasteiger partial charge >= 0.3 is 5.97 Å². The van der Waals surface area contributed by atoms with E-state index in [1.807, 2.05) is 6.92 Å². The highest BCUT2D eigenvalue weighted by atomic mass is 16.5. The van der Waals surface area contributed by atoms with E-state index < -0.39 is 11.8 Å². The average molecular weight is 208 g/mol.